The van der Waals surface area contributed by atoms with Crippen molar-refractivity contribution in [3.05, 3.63) is 255 Å². The van der Waals surface area contributed by atoms with E-state index in [2.05, 4.69) is 58.4 Å². The first-order valence-electron chi connectivity index (χ1n) is 48.3. The number of benzene rings is 5. The first kappa shape index (κ1) is 104. The van der Waals surface area contributed by atoms with Crippen molar-refractivity contribution in [2.45, 2.75) is 136 Å². The minimum atomic E-state index is -2.30. The summed E-state index contributed by atoms with van der Waals surface area (Å²) in [4.78, 5) is 50.8. The van der Waals surface area contributed by atoms with Crippen molar-refractivity contribution < 1.29 is 94.1 Å². The molecule has 780 valence electrons. The molecule has 43 heteroatoms. The number of nitrogens with zero attached hydrogens (tertiary/aromatic N) is 15. The van der Waals surface area contributed by atoms with Crippen LogP contribution in [0, 0.1) is 0 Å². The molecule has 8 fully saturated rings. The van der Waals surface area contributed by atoms with Gasteiger partial charge in [-0.05, 0) is 94.5 Å². The van der Waals surface area contributed by atoms with Gasteiger partial charge in [0.1, 0.15) is 73.2 Å². The molecule has 0 saturated carbocycles. The molecule has 0 spiro atoms. The van der Waals surface area contributed by atoms with Crippen LogP contribution in [0.15, 0.2) is 238 Å². The summed E-state index contributed by atoms with van der Waals surface area (Å²) in [6, 6.07) is 59.9. The van der Waals surface area contributed by atoms with Crippen molar-refractivity contribution in [3.63, 3.8) is 0 Å². The van der Waals surface area contributed by atoms with E-state index in [1.807, 2.05) is 158 Å². The number of aliphatic hydroxyl groups excluding tert-OH is 4. The zero-order chi connectivity index (χ0) is 104. The Kier molecular flexibility index (Phi) is 30.3. The van der Waals surface area contributed by atoms with Crippen molar-refractivity contribution >= 4 is 143 Å². The molecule has 12 aliphatic heterocycles. The van der Waals surface area contributed by atoms with E-state index in [1.54, 1.807) is 86.7 Å². The number of aliphatic hydroxyl groups is 4. The van der Waals surface area contributed by atoms with Crippen LogP contribution in [0.5, 0.6) is 0 Å². The van der Waals surface area contributed by atoms with Gasteiger partial charge >= 0.3 is 0 Å². The minimum Gasteiger partial charge on any atom is -0.472 e. The van der Waals surface area contributed by atoms with Crippen molar-refractivity contribution in [1.29, 1.82) is 0 Å². The number of hydrogen-bond donors (Lipinski definition) is 4. The molecule has 0 radical (unpaired) electrons. The van der Waals surface area contributed by atoms with E-state index in [1.165, 1.54) is 0 Å². The van der Waals surface area contributed by atoms with Gasteiger partial charge in [-0.25, -0.2) is 62.0 Å². The van der Waals surface area contributed by atoms with Gasteiger partial charge in [-0.15, -0.1) is 0 Å². The van der Waals surface area contributed by atoms with Gasteiger partial charge in [0.05, 0.1) is 203 Å². The highest BCUT2D eigenvalue weighted by atomic mass is 35.5. The number of fused-ring (bicyclic) bond motifs is 8. The number of ether oxygens (including phenoxy) is 12. The molecule has 8 saturated heterocycles. The molecule has 5 aromatic carbocycles. The molecule has 0 amide bonds. The molecule has 0 aliphatic carbocycles. The second kappa shape index (κ2) is 43.6. The summed E-state index contributed by atoms with van der Waals surface area (Å²) >= 11 is 26.4. The maximum atomic E-state index is 12.0. The molecule has 4 N–H and O–H groups in total. The third kappa shape index (κ3) is 24.1. The van der Waals surface area contributed by atoms with Gasteiger partial charge in [-0.2, -0.15) is 8.73 Å². The van der Waals surface area contributed by atoms with Gasteiger partial charge in [0.15, 0.2) is 53.8 Å². The number of aromatic nitrogens is 7. The van der Waals surface area contributed by atoms with E-state index < -0.39 is 63.3 Å². The Morgan fingerprint density at radius 1 is 0.313 bits per heavy atom. The van der Waals surface area contributed by atoms with Crippen LogP contribution in [-0.2, 0) is 135 Å². The first-order chi connectivity index (χ1) is 71.9. The topological polar surface area (TPSA) is 449 Å². The smallest absolute Gasteiger partial charge is 0.195 e. The van der Waals surface area contributed by atoms with Crippen LogP contribution >= 0.6 is 46.4 Å². The number of pyridine rings is 7. The second-order valence-corrected chi connectivity index (χ2v) is 50.9. The van der Waals surface area contributed by atoms with Gasteiger partial charge in [-0.1, -0.05) is 168 Å². The van der Waals surface area contributed by atoms with Crippen LogP contribution in [0.1, 0.15) is 34.0 Å². The van der Waals surface area contributed by atoms with Gasteiger partial charge in [0.25, 0.3) is 0 Å². The lowest BCUT2D eigenvalue weighted by Crippen LogP contribution is -2.34. The monoisotopic (exact) mass is 2190 g/mol. The Morgan fingerprint density at radius 2 is 0.640 bits per heavy atom. The fourth-order valence-electron chi connectivity index (χ4n) is 19.2. The Bertz CT molecular complexity index is 7460. The molecular formula is C107H105Cl4N15O20S4. The fourth-order valence-corrected chi connectivity index (χ4v) is 22.3. The van der Waals surface area contributed by atoms with E-state index in [-0.39, 0.29) is 99.7 Å². The lowest BCUT2D eigenvalue weighted by atomic mass is 10.0. The molecule has 12 aromatic rings. The van der Waals surface area contributed by atoms with Crippen molar-refractivity contribution in [3.8, 4) is 89.8 Å². The molecule has 150 heavy (non-hydrogen) atoms. The van der Waals surface area contributed by atoms with E-state index in [4.69, 9.17) is 123 Å². The van der Waals surface area contributed by atoms with E-state index >= 15 is 0 Å². The van der Waals surface area contributed by atoms with Crippen molar-refractivity contribution in [2.24, 2.45) is 37.4 Å². The number of aliphatic imine (C=N–C) groups is 4. The van der Waals surface area contributed by atoms with Crippen LogP contribution in [0.25, 0.3) is 89.8 Å². The van der Waals surface area contributed by atoms with Crippen molar-refractivity contribution in [2.75, 3.05) is 103 Å². The Morgan fingerprint density at radius 3 is 1.01 bits per heavy atom. The van der Waals surface area contributed by atoms with Gasteiger partial charge in [0, 0.05) is 135 Å². The Hall–Kier alpha value is -11.5. The molecule has 0 bridgehead atoms. The first-order valence-corrected chi connectivity index (χ1v) is 59.2. The summed E-state index contributed by atoms with van der Waals surface area (Å²) in [5.74, 6) is 2.59. The molecule has 12 aliphatic rings. The summed E-state index contributed by atoms with van der Waals surface area (Å²) in [5.41, 5.74) is 21.8. The van der Waals surface area contributed by atoms with Crippen LogP contribution in [0.4, 0.5) is 34.3 Å². The van der Waals surface area contributed by atoms with E-state index in [0.717, 1.165) is 101 Å². The summed E-state index contributed by atoms with van der Waals surface area (Å²) in [6.45, 7) is 3.11. The molecule has 24 rings (SSSR count). The zero-order valence-electron chi connectivity index (χ0n) is 82.4. The van der Waals surface area contributed by atoms with Gasteiger partial charge < -0.3 is 77.3 Å². The summed E-state index contributed by atoms with van der Waals surface area (Å²) < 4.78 is 134. The van der Waals surface area contributed by atoms with E-state index in [9.17, 15) is 37.3 Å². The number of hydrogen-bond acceptors (Lipinski definition) is 35. The Balaban J connectivity index is 0.000000117. The molecule has 1 unspecified atom stereocenters. The normalized spacial score (nSPS) is 24.3. The highest BCUT2D eigenvalue weighted by molar-refractivity contribution is 7.93. The van der Waals surface area contributed by atoms with Crippen LogP contribution in [-0.4, -0.2) is 296 Å². The molecule has 35 nitrogen and oxygen atoms in total. The highest BCUT2D eigenvalue weighted by Gasteiger charge is 2.53. The van der Waals surface area contributed by atoms with E-state index in [0.29, 0.717) is 166 Å². The standard InChI is InChI=1S/C28H28ClN3O5S.C27H27ClN4O5S.2C26H25ClN4O5S/c1-38(2,34)30-13-16-4-3-5-19(10-16)17-6-8-18(9-7-17)26-20(29)11-21-22(32-26)12-25(31-21)37-24-15-36-27-23(33)14-35-28(24)27;1-38(2,34)29-12-17-4-3-5-19(30-17)15-6-8-16(9-7-15)25-18(28)10-20-21(32-25)11-24(31-20)37-23-14-36-26-22(33)13-35-27(23)26;1-37(2,33)31-16-7-8-28-18(9-16)14-3-5-15(6-4-14)24-17(27)10-19-20(30-24)11-23(29-19)36-22-13-35-25-21(32)12-34-26(22)25;1-37(2,33)31-22-9-16(7-8-28-22)14-3-5-15(6-4-14)24-17(27)10-18-19(30-24)11-23(29-18)36-21-13-35-25-20(32)12-34-26(21)25/h3-11,23-24,27-28,33H,12-15H2,1-2H3;3-10,22-23,26-27,33H,11-14H2,1-2H3;3-10,21-22,25-26,32H,11-13H2,1-2H3;3-10,20-21,25-26,32H,11-13H2,1-2H3/t23-,24-,27?,28-;22-,23-,26-,27-;21-,22-,25-,26-;20-,21-,25-,26-/m1111/s1. The number of halogens is 4. The third-order valence-corrected chi connectivity index (χ3v) is 30.2. The largest absolute Gasteiger partial charge is 0.472 e. The maximum absolute atomic E-state index is 12.0. The minimum absolute atomic E-state index is 0.247. The SMILES string of the molecule is CS(C)(=O)=NCc1cccc(-c2ccc(-c3nc4c(cc3Cl)N=C(O[C@@H]3COC5[C@H](O)CO[C@@H]53)C4)cc2)c1.CS(C)(=O)=NCc1cccc(-c2ccc(-c3nc4c(cc3Cl)N=C(O[C@@H]3CO[C@H]5[C@@H]3OC[C@H]5O)C4)cc2)n1.CS(C)(=O)=Nc1cc(-c2ccc(-c3nc4c(cc3Cl)N=C(O[C@@H]3CO[C@H]5[C@@H]3OC[C@H]5O)C4)cc2)ccn1.CS(C)(=O)=Nc1ccnc(-c2ccc(-c3nc4c(cc3Cl)N=C(O[C@@H]3CO[C@H]5[C@@H]3OC[C@H]5O)C4)cc2)c1. The van der Waals surface area contributed by atoms with Crippen LogP contribution < -0.4 is 0 Å². The highest BCUT2D eigenvalue weighted by Crippen LogP contribution is 2.45. The average Bonchev–Trinajstić information content (AvgIpc) is 1.63. The maximum Gasteiger partial charge on any atom is 0.195 e. The average molecular weight is 2190 g/mol. The lowest BCUT2D eigenvalue weighted by Gasteiger charge is -2.17. The number of rotatable bonds is 18. The summed E-state index contributed by atoms with van der Waals surface area (Å²) in [5, 5.41) is 41.8. The lowest BCUT2D eigenvalue weighted by molar-refractivity contribution is 0.00555. The van der Waals surface area contributed by atoms with Crippen LogP contribution in [0.2, 0.25) is 20.1 Å². The fraction of sp³-hybridized carbons (Fsp3) is 0.355. The van der Waals surface area contributed by atoms with Gasteiger partial charge in [0.2, 0.25) is 0 Å². The van der Waals surface area contributed by atoms with Crippen molar-refractivity contribution in [1.82, 2.24) is 34.9 Å². The molecular weight excluding hydrogens is 2090 g/mol. The molecule has 19 heterocycles. The zero-order valence-corrected chi connectivity index (χ0v) is 88.7. The predicted molar refractivity (Wildman–Crippen MR) is 575 cm³/mol. The van der Waals surface area contributed by atoms with Gasteiger partial charge in [-0.3, -0.25) is 18.4 Å². The predicted octanol–water partition coefficient (Wildman–Crippen LogP) is 16.2. The Labute approximate surface area is 886 Å². The van der Waals surface area contributed by atoms with Crippen LogP contribution in [0.3, 0.4) is 0 Å². The summed E-state index contributed by atoms with van der Waals surface area (Å²) in [7, 11) is -8.88. The molecule has 7 aromatic heterocycles. The third-order valence-electron chi connectivity index (χ3n) is 26.3. The quantitative estimate of drug-likeness (QED) is 0.0620. The molecule has 16 atom stereocenters. The second-order valence-electron chi connectivity index (χ2n) is 39.0. The summed E-state index contributed by atoms with van der Waals surface area (Å²) in [6.07, 6.45) is 11.6.